The third-order valence-corrected chi connectivity index (χ3v) is 9.77. The van der Waals surface area contributed by atoms with E-state index in [0.717, 1.165) is 12.8 Å². The van der Waals surface area contributed by atoms with Gasteiger partial charge in [0.2, 0.25) is 0 Å². The number of hydrogen-bond donors (Lipinski definition) is 2. The second-order valence-electron chi connectivity index (χ2n) is 12.3. The maximum Gasteiger partial charge on any atom is 0.382 e. The van der Waals surface area contributed by atoms with Crippen molar-refractivity contribution in [3.05, 3.63) is 57.6 Å². The van der Waals surface area contributed by atoms with Crippen LogP contribution in [0.4, 0.5) is 46.5 Å². The molecule has 2 aromatic rings. The summed E-state index contributed by atoms with van der Waals surface area (Å²) in [6.45, 7) is 6.77. The van der Waals surface area contributed by atoms with E-state index in [1.165, 1.54) is 0 Å². The van der Waals surface area contributed by atoms with Gasteiger partial charge in [0.1, 0.15) is 0 Å². The highest BCUT2D eigenvalue weighted by Gasteiger charge is 2.81. The highest BCUT2D eigenvalue weighted by molar-refractivity contribution is 5.61. The van der Waals surface area contributed by atoms with E-state index in [4.69, 9.17) is 11.5 Å². The molecule has 0 aromatic heterocycles. The van der Waals surface area contributed by atoms with Gasteiger partial charge in [0.25, 0.3) is 0 Å². The van der Waals surface area contributed by atoms with Crippen molar-refractivity contribution >= 4 is 11.4 Å². The Hall–Kier alpha value is -2.52. The van der Waals surface area contributed by atoms with E-state index in [9.17, 15) is 0 Å². The molecule has 0 saturated heterocycles. The van der Waals surface area contributed by atoms with Gasteiger partial charge in [-0.25, -0.2) is 0 Å². The summed E-state index contributed by atoms with van der Waals surface area (Å²) in [5.74, 6) is -25.7. The third kappa shape index (κ3) is 4.94. The normalized spacial score (nSPS) is 18.9. The molecule has 0 radical (unpaired) electrons. The first-order valence-electron chi connectivity index (χ1n) is 14.8. The molecule has 2 unspecified atom stereocenters. The standard InChI is InChI=1S/C32H40F8N2/c1-5-17(3)23-13-21(15-25(27(23)41)19-9-7-10-19)29(33,34)31(37,38)32(39,40)30(35,36)22-14-24(18(4)6-2)28(42)26(16-22)20-11-8-12-20/h13-20H,5-12,41-42H2,1-4H3. The van der Waals surface area contributed by atoms with Gasteiger partial charge < -0.3 is 11.5 Å². The fourth-order valence-electron chi connectivity index (χ4n) is 5.89. The van der Waals surface area contributed by atoms with Crippen LogP contribution in [0.2, 0.25) is 0 Å². The SMILES string of the molecule is CCC(C)c1cc(C(F)(F)C(F)(F)C(F)(F)C(F)(F)c2cc(C(C)CC)c(N)c(C3CCC3)c2)cc(C2CCC2)c1N. The van der Waals surface area contributed by atoms with Gasteiger partial charge in [0, 0.05) is 22.5 Å². The van der Waals surface area contributed by atoms with Gasteiger partial charge in [-0.05, 0) is 109 Å². The lowest BCUT2D eigenvalue weighted by molar-refractivity contribution is -0.374. The van der Waals surface area contributed by atoms with Crippen molar-refractivity contribution in [1.29, 1.82) is 0 Å². The van der Waals surface area contributed by atoms with Crippen LogP contribution >= 0.6 is 0 Å². The summed E-state index contributed by atoms with van der Waals surface area (Å²) in [6, 6.07) is 2.75. The van der Waals surface area contributed by atoms with Gasteiger partial charge in [0.15, 0.2) is 0 Å². The van der Waals surface area contributed by atoms with E-state index in [2.05, 4.69) is 0 Å². The fourth-order valence-corrected chi connectivity index (χ4v) is 5.89. The number of nitrogens with two attached hydrogens (primary N) is 2. The van der Waals surface area contributed by atoms with Gasteiger partial charge >= 0.3 is 23.7 Å². The summed E-state index contributed by atoms with van der Waals surface area (Å²) in [7, 11) is 0. The first-order valence-corrected chi connectivity index (χ1v) is 14.8. The Kier molecular flexibility index (Phi) is 8.64. The Morgan fingerprint density at radius 2 is 0.929 bits per heavy atom. The Bertz CT molecular complexity index is 1150. The smallest absolute Gasteiger partial charge is 0.382 e. The number of anilines is 2. The molecule has 0 amide bonds. The van der Waals surface area contributed by atoms with Gasteiger partial charge in [-0.15, -0.1) is 0 Å². The lowest BCUT2D eigenvalue weighted by Crippen LogP contribution is -2.59. The van der Waals surface area contributed by atoms with Crippen LogP contribution < -0.4 is 11.5 Å². The Morgan fingerprint density at radius 3 is 1.17 bits per heavy atom. The lowest BCUT2D eigenvalue weighted by Gasteiger charge is -2.39. The van der Waals surface area contributed by atoms with Crippen LogP contribution in [0, 0.1) is 0 Å². The highest BCUT2D eigenvalue weighted by Crippen LogP contribution is 2.60. The molecule has 0 spiro atoms. The maximum atomic E-state index is 15.7. The molecule has 0 aliphatic heterocycles. The van der Waals surface area contributed by atoms with Gasteiger partial charge in [-0.2, -0.15) is 35.1 Å². The molecule has 234 valence electrons. The third-order valence-electron chi connectivity index (χ3n) is 9.77. The summed E-state index contributed by atoms with van der Waals surface area (Å²) < 4.78 is 125. The minimum absolute atomic E-state index is 0.115. The van der Waals surface area contributed by atoms with Crippen molar-refractivity contribution in [3.8, 4) is 0 Å². The molecule has 10 heteroatoms. The summed E-state index contributed by atoms with van der Waals surface area (Å²) in [6.07, 6.45) is 4.65. The average Bonchev–Trinajstić information content (AvgIpc) is 2.87. The average molecular weight is 605 g/mol. The van der Waals surface area contributed by atoms with Crippen LogP contribution in [0.5, 0.6) is 0 Å². The van der Waals surface area contributed by atoms with Crippen LogP contribution in [-0.4, -0.2) is 11.8 Å². The number of hydrogen-bond acceptors (Lipinski definition) is 2. The summed E-state index contributed by atoms with van der Waals surface area (Å²) in [5.41, 5.74) is 10.4. The zero-order valence-electron chi connectivity index (χ0n) is 24.5. The predicted octanol–water partition coefficient (Wildman–Crippen LogP) is 10.6. The van der Waals surface area contributed by atoms with E-state index in [-0.39, 0.29) is 45.5 Å². The van der Waals surface area contributed by atoms with E-state index >= 15 is 35.1 Å². The molecule has 4 rings (SSSR count). The Morgan fingerprint density at radius 1 is 0.619 bits per heavy atom. The minimum atomic E-state index is -6.46. The number of alkyl halides is 8. The molecule has 0 bridgehead atoms. The van der Waals surface area contributed by atoms with E-state index in [1.807, 2.05) is 0 Å². The molecule has 2 aliphatic carbocycles. The van der Waals surface area contributed by atoms with Crippen molar-refractivity contribution in [2.75, 3.05) is 11.5 Å². The van der Waals surface area contributed by atoms with E-state index in [1.54, 1.807) is 27.7 Å². The zero-order valence-corrected chi connectivity index (χ0v) is 24.5. The molecule has 2 aliphatic rings. The molecule has 2 fully saturated rings. The monoisotopic (exact) mass is 604 g/mol. The van der Waals surface area contributed by atoms with Crippen molar-refractivity contribution in [2.24, 2.45) is 0 Å². The topological polar surface area (TPSA) is 52.0 Å². The molecule has 2 aromatic carbocycles. The second kappa shape index (κ2) is 11.2. The first kappa shape index (κ1) is 32.4. The van der Waals surface area contributed by atoms with Crippen LogP contribution in [-0.2, 0) is 11.8 Å². The predicted molar refractivity (Wildman–Crippen MR) is 150 cm³/mol. The van der Waals surface area contributed by atoms with Gasteiger partial charge in [-0.1, -0.05) is 40.5 Å². The Balaban J connectivity index is 1.84. The number of benzene rings is 2. The summed E-state index contributed by atoms with van der Waals surface area (Å²) >= 11 is 0. The van der Waals surface area contributed by atoms with Crippen molar-refractivity contribution in [3.63, 3.8) is 0 Å². The largest absolute Gasteiger partial charge is 0.398 e. The van der Waals surface area contributed by atoms with E-state index in [0.29, 0.717) is 62.8 Å². The van der Waals surface area contributed by atoms with Crippen molar-refractivity contribution < 1.29 is 35.1 Å². The van der Waals surface area contributed by atoms with Gasteiger partial charge in [0.05, 0.1) is 0 Å². The molecule has 0 heterocycles. The number of nitrogen functional groups attached to an aromatic ring is 2. The minimum Gasteiger partial charge on any atom is -0.398 e. The van der Waals surface area contributed by atoms with Crippen LogP contribution in [0.15, 0.2) is 24.3 Å². The summed E-state index contributed by atoms with van der Waals surface area (Å²) in [4.78, 5) is 0. The molecule has 42 heavy (non-hydrogen) atoms. The molecular formula is C32H40F8N2. The molecule has 2 saturated carbocycles. The molecule has 4 N–H and O–H groups in total. The molecule has 2 atom stereocenters. The summed E-state index contributed by atoms with van der Waals surface area (Å²) in [5, 5.41) is 0. The van der Waals surface area contributed by atoms with E-state index < -0.39 is 46.7 Å². The lowest BCUT2D eigenvalue weighted by atomic mass is 9.75. The fraction of sp³-hybridized carbons (Fsp3) is 0.625. The maximum absolute atomic E-state index is 15.7. The first-order chi connectivity index (χ1) is 19.4. The quantitative estimate of drug-likeness (QED) is 0.198. The van der Waals surface area contributed by atoms with Crippen molar-refractivity contribution in [1.82, 2.24) is 0 Å². The zero-order chi connectivity index (χ0) is 31.4. The molecular weight excluding hydrogens is 564 g/mol. The number of rotatable bonds is 11. The van der Waals surface area contributed by atoms with Gasteiger partial charge in [-0.3, -0.25) is 0 Å². The van der Waals surface area contributed by atoms with Crippen molar-refractivity contribution in [2.45, 2.75) is 126 Å². The second-order valence-corrected chi connectivity index (χ2v) is 12.3. The van der Waals surface area contributed by atoms with Crippen LogP contribution in [0.25, 0.3) is 0 Å². The molecule has 2 nitrogen and oxygen atoms in total. The van der Waals surface area contributed by atoms with Crippen LogP contribution in [0.3, 0.4) is 0 Å². The van der Waals surface area contributed by atoms with Crippen LogP contribution in [0.1, 0.15) is 136 Å². The number of halogens is 8. The Labute approximate surface area is 242 Å². The highest BCUT2D eigenvalue weighted by atomic mass is 19.4.